The first-order chi connectivity index (χ1) is 5.49. The van der Waals surface area contributed by atoms with Gasteiger partial charge in [0, 0.05) is 0 Å². The highest BCUT2D eigenvalue weighted by Gasteiger charge is 2.39. The second kappa shape index (κ2) is 3.06. The van der Waals surface area contributed by atoms with E-state index in [4.69, 9.17) is 11.6 Å². The second-order valence-electron chi connectivity index (χ2n) is 3.50. The molecular formula is C10H13ClO. The number of halogens is 1. The average molecular weight is 185 g/mol. The zero-order chi connectivity index (χ0) is 9.35. The average Bonchev–Trinajstić information content (AvgIpc) is 1.99. The Balaban J connectivity index is 3.10. The highest BCUT2D eigenvalue weighted by atomic mass is 35.5. The fourth-order valence-electron chi connectivity index (χ4n) is 1.43. The van der Waals surface area contributed by atoms with Crippen LogP contribution in [-0.4, -0.2) is 5.24 Å². The van der Waals surface area contributed by atoms with Crippen molar-refractivity contribution in [3.8, 4) is 0 Å². The fraction of sp³-hybridized carbons (Fsp3) is 0.500. The van der Waals surface area contributed by atoms with Crippen LogP contribution in [0.5, 0.6) is 0 Å². The first-order valence-electron chi connectivity index (χ1n) is 4.05. The lowest BCUT2D eigenvalue weighted by Gasteiger charge is -2.33. The summed E-state index contributed by atoms with van der Waals surface area (Å²) in [4.78, 5) is 11.2. The maximum absolute atomic E-state index is 11.2. The zero-order valence-electron chi connectivity index (χ0n) is 7.60. The molecule has 2 unspecified atom stereocenters. The molecule has 0 aromatic heterocycles. The van der Waals surface area contributed by atoms with E-state index in [-0.39, 0.29) is 11.2 Å². The molecule has 0 N–H and O–H groups in total. The van der Waals surface area contributed by atoms with Crippen molar-refractivity contribution in [3.05, 3.63) is 23.8 Å². The Labute approximate surface area is 78.1 Å². The molecule has 1 aliphatic rings. The summed E-state index contributed by atoms with van der Waals surface area (Å²) < 4.78 is 0. The van der Waals surface area contributed by atoms with Gasteiger partial charge in [0.15, 0.2) is 0 Å². The highest BCUT2D eigenvalue weighted by Crippen LogP contribution is 2.40. The van der Waals surface area contributed by atoms with Gasteiger partial charge in [0.1, 0.15) is 0 Å². The van der Waals surface area contributed by atoms with Crippen LogP contribution < -0.4 is 0 Å². The first kappa shape index (κ1) is 9.53. The summed E-state index contributed by atoms with van der Waals surface area (Å²) in [6.07, 6.45) is 5.93. The summed E-state index contributed by atoms with van der Waals surface area (Å²) in [6.45, 7) is 5.84. The topological polar surface area (TPSA) is 17.1 Å². The largest absolute Gasteiger partial charge is 0.280 e. The molecule has 0 heterocycles. The lowest BCUT2D eigenvalue weighted by atomic mass is 9.71. The van der Waals surface area contributed by atoms with Gasteiger partial charge in [-0.2, -0.15) is 0 Å². The van der Waals surface area contributed by atoms with Crippen LogP contribution in [-0.2, 0) is 4.79 Å². The molecule has 0 saturated heterocycles. The van der Waals surface area contributed by atoms with Crippen molar-refractivity contribution in [1.82, 2.24) is 0 Å². The van der Waals surface area contributed by atoms with Gasteiger partial charge in [0.2, 0.25) is 5.24 Å². The molecule has 1 nitrogen and oxygen atoms in total. The lowest BCUT2D eigenvalue weighted by molar-refractivity contribution is -0.119. The predicted molar refractivity (Wildman–Crippen MR) is 51.0 cm³/mol. The third-order valence-corrected chi connectivity index (χ3v) is 3.28. The summed E-state index contributed by atoms with van der Waals surface area (Å²) in [6, 6.07) is 0. The number of hydrogen-bond donors (Lipinski definition) is 0. The second-order valence-corrected chi connectivity index (χ2v) is 3.84. The summed E-state index contributed by atoms with van der Waals surface area (Å²) in [7, 11) is 0. The molecule has 0 saturated carbocycles. The van der Waals surface area contributed by atoms with Crippen molar-refractivity contribution in [2.45, 2.75) is 20.8 Å². The number of carbonyl (C=O) groups excluding carboxylic acids is 1. The molecule has 0 bridgehead atoms. The smallest absolute Gasteiger partial charge is 0.232 e. The van der Waals surface area contributed by atoms with Gasteiger partial charge in [-0.1, -0.05) is 30.7 Å². The Hall–Kier alpha value is -0.560. The summed E-state index contributed by atoms with van der Waals surface area (Å²) in [5.41, 5.74) is 0.536. The van der Waals surface area contributed by atoms with Gasteiger partial charge in [-0.25, -0.2) is 0 Å². The van der Waals surface area contributed by atoms with E-state index in [2.05, 4.69) is 0 Å². The van der Waals surface area contributed by atoms with Crippen LogP contribution in [0.15, 0.2) is 23.8 Å². The molecule has 12 heavy (non-hydrogen) atoms. The van der Waals surface area contributed by atoms with Crippen LogP contribution in [0.3, 0.4) is 0 Å². The SMILES string of the molecule is CC1=CC=CC(C)C1(C)C(=O)Cl. The lowest BCUT2D eigenvalue weighted by Crippen LogP contribution is -2.33. The van der Waals surface area contributed by atoms with Crippen LogP contribution >= 0.6 is 11.6 Å². The van der Waals surface area contributed by atoms with Gasteiger partial charge in [-0.05, 0) is 31.4 Å². The Morgan fingerprint density at radius 1 is 1.67 bits per heavy atom. The Kier molecular flexibility index (Phi) is 2.43. The third kappa shape index (κ3) is 1.22. The van der Waals surface area contributed by atoms with Crippen molar-refractivity contribution in [2.75, 3.05) is 0 Å². The molecule has 1 aliphatic carbocycles. The van der Waals surface area contributed by atoms with Crippen molar-refractivity contribution >= 4 is 16.8 Å². The van der Waals surface area contributed by atoms with E-state index >= 15 is 0 Å². The van der Waals surface area contributed by atoms with Crippen LogP contribution in [0, 0.1) is 11.3 Å². The van der Waals surface area contributed by atoms with Gasteiger partial charge >= 0.3 is 0 Å². The Morgan fingerprint density at radius 3 is 2.58 bits per heavy atom. The van der Waals surface area contributed by atoms with Gasteiger partial charge in [-0.15, -0.1) is 0 Å². The van der Waals surface area contributed by atoms with Crippen LogP contribution in [0.25, 0.3) is 0 Å². The standard InChI is InChI=1S/C10H13ClO/c1-7-5-4-6-8(2)10(7,3)9(11)12/h4-7H,1-3H3. The molecule has 0 aromatic carbocycles. The number of rotatable bonds is 1. The van der Waals surface area contributed by atoms with Crippen molar-refractivity contribution in [3.63, 3.8) is 0 Å². The molecule has 0 spiro atoms. The van der Waals surface area contributed by atoms with Crippen LogP contribution in [0.4, 0.5) is 0 Å². The summed E-state index contributed by atoms with van der Waals surface area (Å²) in [5, 5.41) is -0.270. The molecule has 0 aliphatic heterocycles. The molecule has 2 atom stereocenters. The van der Waals surface area contributed by atoms with Crippen molar-refractivity contribution < 1.29 is 4.79 Å². The number of allylic oxidation sites excluding steroid dienone is 4. The number of carbonyl (C=O) groups is 1. The zero-order valence-corrected chi connectivity index (χ0v) is 8.35. The van der Waals surface area contributed by atoms with E-state index in [1.165, 1.54) is 0 Å². The minimum atomic E-state index is -0.504. The number of hydrogen-bond acceptors (Lipinski definition) is 1. The molecular weight excluding hydrogens is 172 g/mol. The molecule has 0 fully saturated rings. The van der Waals surface area contributed by atoms with E-state index in [9.17, 15) is 4.79 Å². The minimum absolute atomic E-state index is 0.187. The molecule has 1 rings (SSSR count). The van der Waals surface area contributed by atoms with Gasteiger partial charge in [0.25, 0.3) is 0 Å². The van der Waals surface area contributed by atoms with E-state index in [1.54, 1.807) is 0 Å². The maximum Gasteiger partial charge on any atom is 0.232 e. The van der Waals surface area contributed by atoms with Crippen LogP contribution in [0.2, 0.25) is 0 Å². The van der Waals surface area contributed by atoms with Crippen LogP contribution in [0.1, 0.15) is 20.8 Å². The van der Waals surface area contributed by atoms with Gasteiger partial charge < -0.3 is 0 Å². The maximum atomic E-state index is 11.2. The molecule has 0 amide bonds. The van der Waals surface area contributed by atoms with Gasteiger partial charge in [0.05, 0.1) is 5.41 Å². The fourth-order valence-corrected chi connectivity index (χ4v) is 1.75. The monoisotopic (exact) mass is 184 g/mol. The van der Waals surface area contributed by atoms with E-state index in [0.29, 0.717) is 0 Å². The Bertz CT molecular complexity index is 265. The first-order valence-corrected chi connectivity index (χ1v) is 4.43. The van der Waals surface area contributed by atoms with E-state index in [0.717, 1.165) is 5.57 Å². The van der Waals surface area contributed by atoms with Gasteiger partial charge in [-0.3, -0.25) is 4.79 Å². The molecule has 66 valence electrons. The highest BCUT2D eigenvalue weighted by molar-refractivity contribution is 6.65. The molecule has 0 radical (unpaired) electrons. The summed E-state index contributed by atoms with van der Waals surface area (Å²) >= 11 is 5.57. The third-order valence-electron chi connectivity index (χ3n) is 2.88. The van der Waals surface area contributed by atoms with E-state index in [1.807, 2.05) is 39.0 Å². The van der Waals surface area contributed by atoms with Crippen molar-refractivity contribution in [2.24, 2.45) is 11.3 Å². The summed E-state index contributed by atoms with van der Waals surface area (Å²) in [5.74, 6) is 0.187. The quantitative estimate of drug-likeness (QED) is 0.573. The Morgan fingerprint density at radius 2 is 2.25 bits per heavy atom. The molecule has 0 aromatic rings. The van der Waals surface area contributed by atoms with E-state index < -0.39 is 5.41 Å². The molecule has 2 heteroatoms. The predicted octanol–water partition coefficient (Wildman–Crippen LogP) is 2.91. The minimum Gasteiger partial charge on any atom is -0.280 e. The van der Waals surface area contributed by atoms with Crippen molar-refractivity contribution in [1.29, 1.82) is 0 Å². The normalized spacial score (nSPS) is 34.7.